The van der Waals surface area contributed by atoms with Crippen LogP contribution >= 0.6 is 0 Å². The van der Waals surface area contributed by atoms with Gasteiger partial charge in [0.05, 0.1) is 12.6 Å². The van der Waals surface area contributed by atoms with Crippen LogP contribution < -0.4 is 10.1 Å². The summed E-state index contributed by atoms with van der Waals surface area (Å²) in [5.74, 6) is 0.706. The Morgan fingerprint density at radius 1 is 1.21 bits per heavy atom. The minimum Gasteiger partial charge on any atom is -0.493 e. The summed E-state index contributed by atoms with van der Waals surface area (Å²) in [6.07, 6.45) is 3.81. The van der Waals surface area contributed by atoms with Gasteiger partial charge < -0.3 is 15.0 Å². The highest BCUT2D eigenvalue weighted by molar-refractivity contribution is 5.76. The molecule has 1 unspecified atom stereocenters. The highest BCUT2D eigenvalue weighted by Gasteiger charge is 2.22. The van der Waals surface area contributed by atoms with Gasteiger partial charge in [-0.3, -0.25) is 4.79 Å². The van der Waals surface area contributed by atoms with Crippen LogP contribution in [0.4, 0.5) is 4.39 Å². The van der Waals surface area contributed by atoms with Crippen molar-refractivity contribution in [3.8, 4) is 5.75 Å². The van der Waals surface area contributed by atoms with Crippen LogP contribution in [-0.4, -0.2) is 37.6 Å². The van der Waals surface area contributed by atoms with Crippen molar-refractivity contribution in [3.63, 3.8) is 0 Å². The van der Waals surface area contributed by atoms with Crippen molar-refractivity contribution in [2.45, 2.75) is 44.2 Å². The maximum Gasteiger partial charge on any atom is 0.220 e. The van der Waals surface area contributed by atoms with Gasteiger partial charge >= 0.3 is 0 Å². The molecule has 0 saturated carbocycles. The molecule has 1 amide bonds. The van der Waals surface area contributed by atoms with Crippen LogP contribution in [0, 0.1) is 5.82 Å². The number of para-hydroxylation sites is 1. The van der Waals surface area contributed by atoms with E-state index in [1.54, 1.807) is 0 Å². The molecule has 2 aromatic rings. The fraction of sp³-hybridized carbons (Fsp3) is 0.435. The molecule has 5 heteroatoms. The van der Waals surface area contributed by atoms with E-state index in [0.29, 0.717) is 13.0 Å². The molecule has 1 heterocycles. The second-order valence-electron chi connectivity index (χ2n) is 7.64. The van der Waals surface area contributed by atoms with Crippen molar-refractivity contribution in [3.05, 3.63) is 65.5 Å². The summed E-state index contributed by atoms with van der Waals surface area (Å²) in [6.45, 7) is 0.684. The lowest BCUT2D eigenvalue weighted by Crippen LogP contribution is -2.33. The van der Waals surface area contributed by atoms with E-state index >= 15 is 0 Å². The average Bonchev–Trinajstić information content (AvgIpc) is 2.89. The predicted octanol–water partition coefficient (Wildman–Crippen LogP) is 4.11. The summed E-state index contributed by atoms with van der Waals surface area (Å²) >= 11 is 0. The Morgan fingerprint density at radius 2 is 1.96 bits per heavy atom. The minimum absolute atomic E-state index is 0.00102. The molecule has 150 valence electrons. The Labute approximate surface area is 166 Å². The second-order valence-corrected chi connectivity index (χ2v) is 7.64. The van der Waals surface area contributed by atoms with Gasteiger partial charge in [-0.1, -0.05) is 30.3 Å². The van der Waals surface area contributed by atoms with Crippen molar-refractivity contribution in [2.24, 2.45) is 0 Å². The van der Waals surface area contributed by atoms with Gasteiger partial charge in [-0.05, 0) is 63.5 Å². The standard InChI is InChI=1S/C23H29FN2O2/c1-26(2)19(16-17-9-11-18(24)12-10-17)13-14-23(27)25-21-7-5-15-28-22-8-4-3-6-20(21)22/h3-4,6,8-12,19,21H,5,7,13-16H2,1-2H3,(H,25,27)/t19-,21?/m1/s1. The number of hydrogen-bond acceptors (Lipinski definition) is 3. The van der Waals surface area contributed by atoms with Gasteiger partial charge in [-0.25, -0.2) is 4.39 Å². The van der Waals surface area contributed by atoms with E-state index < -0.39 is 0 Å². The molecule has 3 rings (SSSR count). The van der Waals surface area contributed by atoms with Crippen LogP contribution in [0.15, 0.2) is 48.5 Å². The summed E-state index contributed by atoms with van der Waals surface area (Å²) < 4.78 is 18.9. The number of likely N-dealkylation sites (N-methyl/N-ethyl adjacent to an activating group) is 1. The van der Waals surface area contributed by atoms with Crippen LogP contribution in [-0.2, 0) is 11.2 Å². The smallest absolute Gasteiger partial charge is 0.220 e. The minimum atomic E-state index is -0.225. The monoisotopic (exact) mass is 384 g/mol. The average molecular weight is 384 g/mol. The SMILES string of the molecule is CN(C)[C@H](CCC(=O)NC1CCCOc2ccccc21)Cc1ccc(F)cc1. The zero-order valence-electron chi connectivity index (χ0n) is 16.7. The molecule has 1 aliphatic heterocycles. The van der Waals surface area contributed by atoms with Gasteiger partial charge in [-0.15, -0.1) is 0 Å². The molecule has 28 heavy (non-hydrogen) atoms. The Kier molecular flexibility index (Phi) is 7.04. The largest absolute Gasteiger partial charge is 0.493 e. The lowest BCUT2D eigenvalue weighted by molar-refractivity contribution is -0.122. The summed E-state index contributed by atoms with van der Waals surface area (Å²) in [5, 5.41) is 3.19. The number of ether oxygens (including phenoxy) is 1. The molecule has 0 aromatic heterocycles. The molecule has 1 N–H and O–H groups in total. The summed E-state index contributed by atoms with van der Waals surface area (Å²) in [6, 6.07) is 14.8. The molecular formula is C23H29FN2O2. The zero-order chi connectivity index (χ0) is 19.9. The molecule has 0 fully saturated rings. The van der Waals surface area contributed by atoms with Crippen LogP contribution in [0.5, 0.6) is 5.75 Å². The molecule has 2 aromatic carbocycles. The van der Waals surface area contributed by atoms with Gasteiger partial charge in [0.1, 0.15) is 11.6 Å². The normalized spacial score (nSPS) is 17.4. The van der Waals surface area contributed by atoms with Crippen LogP contribution in [0.25, 0.3) is 0 Å². The first-order valence-corrected chi connectivity index (χ1v) is 9.95. The first kappa shape index (κ1) is 20.3. The number of benzene rings is 2. The van der Waals surface area contributed by atoms with Crippen molar-refractivity contribution < 1.29 is 13.9 Å². The number of carbonyl (C=O) groups excluding carboxylic acids is 1. The predicted molar refractivity (Wildman–Crippen MR) is 109 cm³/mol. The highest BCUT2D eigenvalue weighted by atomic mass is 19.1. The first-order chi connectivity index (χ1) is 13.5. The van der Waals surface area contributed by atoms with Gasteiger partial charge in [0.15, 0.2) is 0 Å². The number of halogens is 1. The lowest BCUT2D eigenvalue weighted by Gasteiger charge is -2.25. The maximum atomic E-state index is 13.1. The maximum absolute atomic E-state index is 13.1. The van der Waals surface area contributed by atoms with E-state index in [2.05, 4.69) is 10.2 Å². The third-order valence-corrected chi connectivity index (χ3v) is 5.34. The summed E-state index contributed by atoms with van der Waals surface area (Å²) in [7, 11) is 4.04. The zero-order valence-corrected chi connectivity index (χ0v) is 16.7. The third kappa shape index (κ3) is 5.55. The number of fused-ring (bicyclic) bond motifs is 1. The van der Waals surface area contributed by atoms with Crippen LogP contribution in [0.3, 0.4) is 0 Å². The van der Waals surface area contributed by atoms with Crippen LogP contribution in [0.2, 0.25) is 0 Å². The summed E-state index contributed by atoms with van der Waals surface area (Å²) in [5.41, 5.74) is 2.14. The molecule has 2 atom stereocenters. The quantitative estimate of drug-likeness (QED) is 0.781. The molecule has 0 radical (unpaired) electrons. The Bertz CT molecular complexity index is 776. The van der Waals surface area contributed by atoms with E-state index in [0.717, 1.165) is 42.6 Å². The van der Waals surface area contributed by atoms with E-state index in [1.807, 2.05) is 50.5 Å². The molecule has 0 spiro atoms. The lowest BCUT2D eigenvalue weighted by atomic mass is 9.99. The second kappa shape index (κ2) is 9.69. The molecule has 0 saturated heterocycles. The highest BCUT2D eigenvalue weighted by Crippen LogP contribution is 2.31. The third-order valence-electron chi connectivity index (χ3n) is 5.34. The van der Waals surface area contributed by atoms with Gasteiger partial charge in [0.25, 0.3) is 0 Å². The van der Waals surface area contributed by atoms with Crippen molar-refractivity contribution >= 4 is 5.91 Å². The fourth-order valence-corrected chi connectivity index (χ4v) is 3.67. The number of nitrogens with one attached hydrogen (secondary N) is 1. The van der Waals surface area contributed by atoms with Gasteiger partial charge in [0, 0.05) is 18.0 Å². The summed E-state index contributed by atoms with van der Waals surface area (Å²) in [4.78, 5) is 14.8. The fourth-order valence-electron chi connectivity index (χ4n) is 3.67. The van der Waals surface area contributed by atoms with Gasteiger partial charge in [-0.2, -0.15) is 0 Å². The topological polar surface area (TPSA) is 41.6 Å². The van der Waals surface area contributed by atoms with Crippen molar-refractivity contribution in [2.75, 3.05) is 20.7 Å². The molecule has 1 aliphatic rings. The number of carbonyl (C=O) groups is 1. The number of amides is 1. The van der Waals surface area contributed by atoms with Crippen LogP contribution in [0.1, 0.15) is 42.9 Å². The molecular weight excluding hydrogens is 355 g/mol. The number of nitrogens with zero attached hydrogens (tertiary/aromatic N) is 1. The van der Waals surface area contributed by atoms with E-state index in [1.165, 1.54) is 12.1 Å². The van der Waals surface area contributed by atoms with E-state index in [4.69, 9.17) is 4.74 Å². The molecule has 0 bridgehead atoms. The first-order valence-electron chi connectivity index (χ1n) is 9.95. The molecule has 0 aliphatic carbocycles. The van der Waals surface area contributed by atoms with E-state index in [-0.39, 0.29) is 23.8 Å². The molecule has 4 nitrogen and oxygen atoms in total. The Morgan fingerprint density at radius 3 is 2.71 bits per heavy atom. The van der Waals surface area contributed by atoms with Gasteiger partial charge in [0.2, 0.25) is 5.91 Å². The number of hydrogen-bond donors (Lipinski definition) is 1. The van der Waals surface area contributed by atoms with E-state index in [9.17, 15) is 9.18 Å². The van der Waals surface area contributed by atoms with Crippen molar-refractivity contribution in [1.82, 2.24) is 10.2 Å². The Hall–Kier alpha value is -2.40. The van der Waals surface area contributed by atoms with Crippen molar-refractivity contribution in [1.29, 1.82) is 0 Å². The number of rotatable bonds is 7. The Balaban J connectivity index is 1.57.